The lowest BCUT2D eigenvalue weighted by molar-refractivity contribution is 0.209. The number of hydrogen-bond acceptors (Lipinski definition) is 6. The van der Waals surface area contributed by atoms with Gasteiger partial charge < -0.3 is 4.74 Å². The summed E-state index contributed by atoms with van der Waals surface area (Å²) in [6.45, 7) is 4.68. The fraction of sp³-hybridized carbons (Fsp3) is 0.438. The highest BCUT2D eigenvalue weighted by Gasteiger charge is 2.19. The maximum Gasteiger partial charge on any atom is 0.287 e. The zero-order valence-corrected chi connectivity index (χ0v) is 15.6. The summed E-state index contributed by atoms with van der Waals surface area (Å²) in [7, 11) is 0. The van der Waals surface area contributed by atoms with Gasteiger partial charge in [0, 0.05) is 0 Å². The fourth-order valence-electron chi connectivity index (χ4n) is 2.24. The predicted octanol–water partition coefficient (Wildman–Crippen LogP) is 4.23. The molecule has 1 heterocycles. The first-order valence-corrected chi connectivity index (χ1v) is 8.77. The molecule has 0 bridgehead atoms. The predicted molar refractivity (Wildman–Crippen MR) is 93.7 cm³/mol. The fourth-order valence-corrected chi connectivity index (χ4v) is 2.61. The van der Waals surface area contributed by atoms with Crippen molar-refractivity contribution in [3.63, 3.8) is 0 Å². The van der Waals surface area contributed by atoms with Gasteiger partial charge in [0.05, 0.1) is 16.8 Å². The molecule has 2 aromatic rings. The second kappa shape index (κ2) is 9.47. The van der Waals surface area contributed by atoms with Crippen LogP contribution in [0.15, 0.2) is 32.3 Å². The van der Waals surface area contributed by atoms with Crippen LogP contribution in [0.5, 0.6) is 5.88 Å². The van der Waals surface area contributed by atoms with Gasteiger partial charge in [0.15, 0.2) is 5.84 Å². The van der Waals surface area contributed by atoms with Gasteiger partial charge in [-0.25, -0.2) is 14.0 Å². The molecule has 0 aliphatic heterocycles. The number of ether oxygens (including phenoxy) is 1. The third-order valence-electron chi connectivity index (χ3n) is 3.66. The van der Waals surface area contributed by atoms with Crippen molar-refractivity contribution in [3.05, 3.63) is 34.2 Å². The molecule has 1 atom stereocenters. The van der Waals surface area contributed by atoms with Crippen LogP contribution in [0, 0.1) is 11.7 Å². The smallest absolute Gasteiger partial charge is 0.287 e. The van der Waals surface area contributed by atoms with E-state index < -0.39 is 5.82 Å². The van der Waals surface area contributed by atoms with Crippen LogP contribution < -0.4 is 10.2 Å². The molecular weight excluding hydrogens is 395 g/mol. The monoisotopic (exact) mass is 414 g/mol. The lowest BCUT2D eigenvalue weighted by atomic mass is 10.0. The van der Waals surface area contributed by atoms with Crippen LogP contribution in [0.3, 0.4) is 0 Å². The number of benzene rings is 1. The highest BCUT2D eigenvalue weighted by atomic mass is 79.9. The van der Waals surface area contributed by atoms with Gasteiger partial charge in [0.25, 0.3) is 5.88 Å². The van der Waals surface area contributed by atoms with Crippen molar-refractivity contribution in [2.45, 2.75) is 33.1 Å². The summed E-state index contributed by atoms with van der Waals surface area (Å²) in [5.74, 6) is 0.102. The van der Waals surface area contributed by atoms with Crippen molar-refractivity contribution in [1.29, 1.82) is 0 Å². The molecule has 0 radical (unpaired) electrons. The molecule has 25 heavy (non-hydrogen) atoms. The lowest BCUT2D eigenvalue weighted by Crippen LogP contribution is -2.22. The lowest BCUT2D eigenvalue weighted by Gasteiger charge is -2.13. The summed E-state index contributed by atoms with van der Waals surface area (Å²) in [5, 5.41) is 16.8. The Balaban J connectivity index is 2.19. The third-order valence-corrected chi connectivity index (χ3v) is 4.27. The average Bonchev–Trinajstić information content (AvgIpc) is 3.07. The second-order valence-electron chi connectivity index (χ2n) is 5.46. The van der Waals surface area contributed by atoms with Crippen LogP contribution in [0.4, 0.5) is 10.1 Å². The van der Waals surface area contributed by atoms with Gasteiger partial charge in [0.2, 0.25) is 5.69 Å². The van der Waals surface area contributed by atoms with E-state index in [1.807, 2.05) is 5.48 Å². The molecule has 136 valence electrons. The normalized spacial score (nSPS) is 12.9. The van der Waals surface area contributed by atoms with E-state index in [0.29, 0.717) is 18.2 Å². The number of aliphatic imine (C=N–C) groups is 1. The average molecular weight is 415 g/mol. The summed E-state index contributed by atoms with van der Waals surface area (Å²) < 4.78 is 24.0. The molecule has 0 spiro atoms. The van der Waals surface area contributed by atoms with Crippen molar-refractivity contribution in [2.75, 3.05) is 6.61 Å². The molecular formula is C16H20BrFN4O3. The first-order valence-electron chi connectivity index (χ1n) is 7.98. The summed E-state index contributed by atoms with van der Waals surface area (Å²) in [5.41, 5.74) is 2.49. The zero-order chi connectivity index (χ0) is 18.2. The summed E-state index contributed by atoms with van der Waals surface area (Å²) in [6, 6.07) is 4.18. The van der Waals surface area contributed by atoms with Crippen LogP contribution in [0.25, 0.3) is 0 Å². The van der Waals surface area contributed by atoms with E-state index in [9.17, 15) is 9.60 Å². The highest BCUT2D eigenvalue weighted by Crippen LogP contribution is 2.24. The number of amidine groups is 1. The number of halogens is 2. The molecule has 0 aliphatic rings. The Bertz CT molecular complexity index is 723. The minimum Gasteiger partial charge on any atom is -0.474 e. The molecule has 1 unspecified atom stereocenters. The Morgan fingerprint density at radius 2 is 2.24 bits per heavy atom. The molecule has 1 aromatic carbocycles. The summed E-state index contributed by atoms with van der Waals surface area (Å²) >= 11 is 3.09. The van der Waals surface area contributed by atoms with Gasteiger partial charge in [0.1, 0.15) is 5.82 Å². The molecule has 9 heteroatoms. The van der Waals surface area contributed by atoms with E-state index in [1.165, 1.54) is 18.2 Å². The maximum atomic E-state index is 13.3. The highest BCUT2D eigenvalue weighted by molar-refractivity contribution is 9.10. The van der Waals surface area contributed by atoms with Crippen molar-refractivity contribution >= 4 is 27.5 Å². The topological polar surface area (TPSA) is 92.8 Å². The van der Waals surface area contributed by atoms with E-state index in [4.69, 9.17) is 9.37 Å². The van der Waals surface area contributed by atoms with Crippen LogP contribution in [0.1, 0.15) is 38.8 Å². The van der Waals surface area contributed by atoms with E-state index in [1.54, 1.807) is 0 Å². The van der Waals surface area contributed by atoms with Gasteiger partial charge in [-0.05, 0) is 56.8 Å². The molecule has 0 saturated heterocycles. The number of hydrogen-bond donors (Lipinski definition) is 2. The van der Waals surface area contributed by atoms with Crippen molar-refractivity contribution < 1.29 is 19.0 Å². The van der Waals surface area contributed by atoms with E-state index in [2.05, 4.69) is 45.1 Å². The molecule has 7 nitrogen and oxygen atoms in total. The maximum absolute atomic E-state index is 13.3. The Labute approximate surface area is 153 Å². The molecule has 1 aromatic heterocycles. The molecule has 0 aliphatic carbocycles. The number of rotatable bonds is 8. The summed E-state index contributed by atoms with van der Waals surface area (Å²) in [4.78, 5) is 4.18. The Hall–Kier alpha value is -2.00. The van der Waals surface area contributed by atoms with Gasteiger partial charge >= 0.3 is 0 Å². The first kappa shape index (κ1) is 19.3. The van der Waals surface area contributed by atoms with Crippen molar-refractivity contribution in [2.24, 2.45) is 10.9 Å². The van der Waals surface area contributed by atoms with E-state index >= 15 is 0 Å². The van der Waals surface area contributed by atoms with Gasteiger partial charge in [-0.15, -0.1) is 0 Å². The van der Waals surface area contributed by atoms with Crippen LogP contribution in [-0.2, 0) is 0 Å². The van der Waals surface area contributed by atoms with Crippen molar-refractivity contribution in [3.8, 4) is 5.88 Å². The van der Waals surface area contributed by atoms with E-state index in [-0.39, 0.29) is 21.9 Å². The Morgan fingerprint density at radius 1 is 1.44 bits per heavy atom. The first-order chi connectivity index (χ1) is 12.1. The standard InChI is InChI=1S/C16H20BrFN4O3/c1-3-5-10(4-2)9-24-16-14(21-25-22-16)15(20-23)19-11-6-7-13(18)12(17)8-11/h6-8,10,23H,3-5,9H2,1-2H3,(H,19,20). The minimum absolute atomic E-state index is 0.0155. The van der Waals surface area contributed by atoms with Crippen LogP contribution in [-0.4, -0.2) is 28.0 Å². The molecule has 0 saturated carbocycles. The molecule has 2 N–H and O–H groups in total. The number of hydroxylamine groups is 1. The van der Waals surface area contributed by atoms with E-state index in [0.717, 1.165) is 19.3 Å². The molecule has 0 fully saturated rings. The van der Waals surface area contributed by atoms with Gasteiger partial charge in [-0.2, -0.15) is 0 Å². The SMILES string of the molecule is CCCC(CC)COc1nonc1C(=Nc1ccc(F)c(Br)c1)NO. The molecule has 0 amide bonds. The minimum atomic E-state index is -0.411. The van der Waals surface area contributed by atoms with Crippen LogP contribution in [0.2, 0.25) is 0 Å². The Kier molecular flexibility index (Phi) is 7.32. The summed E-state index contributed by atoms with van der Waals surface area (Å²) in [6.07, 6.45) is 3.09. The largest absolute Gasteiger partial charge is 0.474 e. The second-order valence-corrected chi connectivity index (χ2v) is 6.32. The quantitative estimate of drug-likeness (QED) is 0.381. The van der Waals surface area contributed by atoms with Gasteiger partial charge in [-0.3, -0.25) is 10.7 Å². The number of aromatic nitrogens is 2. The third kappa shape index (κ3) is 5.23. The molecule has 2 rings (SSSR count). The number of nitrogens with one attached hydrogen (secondary N) is 1. The van der Waals surface area contributed by atoms with Crippen molar-refractivity contribution in [1.82, 2.24) is 15.8 Å². The van der Waals surface area contributed by atoms with Gasteiger partial charge in [-0.1, -0.05) is 26.7 Å². The Morgan fingerprint density at radius 3 is 2.88 bits per heavy atom. The number of nitrogens with zero attached hydrogens (tertiary/aromatic N) is 3. The van der Waals surface area contributed by atoms with Crippen LogP contribution >= 0.6 is 15.9 Å². The zero-order valence-electron chi connectivity index (χ0n) is 14.0.